The van der Waals surface area contributed by atoms with Crippen LogP contribution in [-0.2, 0) is 14.8 Å². The standard InChI is InChI=1S/C14H19FN2O5S/c15-12-3-2-11(14(18)19)10-13(12)23(20,21)16-4-1-5-17-6-8-22-9-7-17/h2-3,10,16H,1,4-9H2,(H,18,19). The Hall–Kier alpha value is -1.55. The van der Waals surface area contributed by atoms with Gasteiger partial charge in [-0.2, -0.15) is 0 Å². The lowest BCUT2D eigenvalue weighted by molar-refractivity contribution is -0.908. The van der Waals surface area contributed by atoms with Crippen molar-refractivity contribution in [1.82, 2.24) is 4.72 Å². The highest BCUT2D eigenvalue weighted by atomic mass is 32.2. The summed E-state index contributed by atoms with van der Waals surface area (Å²) in [6.45, 7) is 4.10. The van der Waals surface area contributed by atoms with Crippen molar-refractivity contribution in [3.8, 4) is 0 Å². The van der Waals surface area contributed by atoms with E-state index in [9.17, 15) is 22.7 Å². The van der Waals surface area contributed by atoms with E-state index >= 15 is 0 Å². The summed E-state index contributed by atoms with van der Waals surface area (Å²) in [6.07, 6.45) is 0.594. The number of rotatable bonds is 7. The maximum absolute atomic E-state index is 13.7. The Morgan fingerprint density at radius 3 is 2.70 bits per heavy atom. The highest BCUT2D eigenvalue weighted by molar-refractivity contribution is 7.89. The molecule has 1 heterocycles. The molecule has 0 amide bonds. The number of hydrogen-bond acceptors (Lipinski definition) is 5. The second-order valence-corrected chi connectivity index (χ2v) is 7.03. The molecule has 0 atom stereocenters. The van der Waals surface area contributed by atoms with Gasteiger partial charge in [-0.1, -0.05) is 6.07 Å². The SMILES string of the molecule is O=C([O-])c1ccc(F)c(S(=O)(=O)NCCC[NH+]2CCOCC2)c1. The monoisotopic (exact) mass is 346 g/mol. The first-order valence-corrected chi connectivity index (χ1v) is 8.80. The van der Waals surface area contributed by atoms with E-state index in [-0.39, 0.29) is 12.1 Å². The third kappa shape index (κ3) is 4.96. The minimum atomic E-state index is -4.10. The molecule has 2 rings (SSSR count). The first-order chi connectivity index (χ1) is 10.9. The summed E-state index contributed by atoms with van der Waals surface area (Å²) >= 11 is 0. The van der Waals surface area contributed by atoms with E-state index in [2.05, 4.69) is 4.72 Å². The molecule has 1 aromatic carbocycles. The molecule has 0 aromatic heterocycles. The highest BCUT2D eigenvalue weighted by Gasteiger charge is 2.20. The number of ether oxygens (including phenoxy) is 1. The zero-order valence-corrected chi connectivity index (χ0v) is 13.3. The second kappa shape index (κ2) is 7.82. The summed E-state index contributed by atoms with van der Waals surface area (Å²) in [4.78, 5) is 11.4. The van der Waals surface area contributed by atoms with Crippen molar-refractivity contribution >= 4 is 16.0 Å². The predicted molar refractivity (Wildman–Crippen MR) is 76.9 cm³/mol. The number of carboxylic acid groups (broad SMARTS) is 1. The average molecular weight is 346 g/mol. The molecule has 1 aromatic rings. The molecular weight excluding hydrogens is 327 g/mol. The van der Waals surface area contributed by atoms with Gasteiger partial charge in [-0.25, -0.2) is 17.5 Å². The largest absolute Gasteiger partial charge is 0.545 e. The minimum absolute atomic E-state index is 0.154. The Balaban J connectivity index is 1.93. The Kier molecular flexibility index (Phi) is 6.05. The molecule has 1 fully saturated rings. The molecular formula is C14H19FN2O5S. The Bertz CT molecular complexity index is 659. The summed E-state index contributed by atoms with van der Waals surface area (Å²) in [5, 5.41) is 10.8. The van der Waals surface area contributed by atoms with Crippen LogP contribution in [0.4, 0.5) is 4.39 Å². The average Bonchev–Trinajstić information content (AvgIpc) is 2.52. The number of morpholine rings is 1. The van der Waals surface area contributed by atoms with Crippen LogP contribution in [0.3, 0.4) is 0 Å². The van der Waals surface area contributed by atoms with Crippen molar-refractivity contribution in [2.24, 2.45) is 0 Å². The fraction of sp³-hybridized carbons (Fsp3) is 0.500. The van der Waals surface area contributed by atoms with Crippen molar-refractivity contribution in [1.29, 1.82) is 0 Å². The van der Waals surface area contributed by atoms with Crippen LogP contribution in [0.25, 0.3) is 0 Å². The summed E-state index contributed by atoms with van der Waals surface area (Å²) in [6, 6.07) is 2.53. The molecule has 23 heavy (non-hydrogen) atoms. The first kappa shape index (κ1) is 17.8. The van der Waals surface area contributed by atoms with Gasteiger partial charge in [-0.15, -0.1) is 0 Å². The fourth-order valence-corrected chi connectivity index (χ4v) is 3.54. The number of carboxylic acids is 1. The summed E-state index contributed by atoms with van der Waals surface area (Å²) in [5.41, 5.74) is -0.385. The van der Waals surface area contributed by atoms with Crippen LogP contribution >= 0.6 is 0 Å². The van der Waals surface area contributed by atoms with E-state index in [1.54, 1.807) is 0 Å². The third-order valence-electron chi connectivity index (χ3n) is 3.66. The number of benzene rings is 1. The Morgan fingerprint density at radius 1 is 1.35 bits per heavy atom. The van der Waals surface area contributed by atoms with Crippen LogP contribution in [0, 0.1) is 5.82 Å². The number of hydrogen-bond donors (Lipinski definition) is 2. The zero-order chi connectivity index (χ0) is 16.9. The molecule has 0 radical (unpaired) electrons. The smallest absolute Gasteiger partial charge is 0.243 e. The zero-order valence-electron chi connectivity index (χ0n) is 12.5. The Morgan fingerprint density at radius 2 is 2.04 bits per heavy atom. The normalized spacial score (nSPS) is 16.4. The van der Waals surface area contributed by atoms with Gasteiger partial charge in [0, 0.05) is 13.0 Å². The first-order valence-electron chi connectivity index (χ1n) is 7.32. The Labute approximate surface area is 134 Å². The quantitative estimate of drug-likeness (QED) is 0.545. The number of carbonyl (C=O) groups excluding carboxylic acids is 1. The van der Waals surface area contributed by atoms with Crippen molar-refractivity contribution in [3.05, 3.63) is 29.6 Å². The molecule has 0 aliphatic carbocycles. The summed E-state index contributed by atoms with van der Waals surface area (Å²) < 4.78 is 45.4. The molecule has 1 saturated heterocycles. The van der Waals surface area contributed by atoms with E-state index in [0.717, 1.165) is 37.8 Å². The number of aromatic carboxylic acids is 1. The highest BCUT2D eigenvalue weighted by Crippen LogP contribution is 2.16. The van der Waals surface area contributed by atoms with Crippen LogP contribution in [0.2, 0.25) is 0 Å². The van der Waals surface area contributed by atoms with Gasteiger partial charge in [0.2, 0.25) is 10.0 Å². The number of halogens is 1. The number of sulfonamides is 1. The number of carbonyl (C=O) groups is 1. The molecule has 1 aliphatic rings. The van der Waals surface area contributed by atoms with Gasteiger partial charge in [0.1, 0.15) is 23.8 Å². The summed E-state index contributed by atoms with van der Waals surface area (Å²) in [5.74, 6) is -2.56. The van der Waals surface area contributed by atoms with E-state index in [4.69, 9.17) is 4.74 Å². The van der Waals surface area contributed by atoms with Gasteiger partial charge in [-0.3, -0.25) is 0 Å². The van der Waals surface area contributed by atoms with E-state index in [0.29, 0.717) is 19.6 Å². The van der Waals surface area contributed by atoms with E-state index in [1.807, 2.05) is 0 Å². The lowest BCUT2D eigenvalue weighted by Gasteiger charge is -2.23. The van der Waals surface area contributed by atoms with Crippen molar-refractivity contribution in [3.63, 3.8) is 0 Å². The maximum atomic E-state index is 13.7. The van der Waals surface area contributed by atoms with Crippen LogP contribution in [0.1, 0.15) is 16.8 Å². The minimum Gasteiger partial charge on any atom is -0.545 e. The molecule has 128 valence electrons. The van der Waals surface area contributed by atoms with Gasteiger partial charge in [0.25, 0.3) is 0 Å². The third-order valence-corrected chi connectivity index (χ3v) is 5.13. The molecule has 2 N–H and O–H groups in total. The van der Waals surface area contributed by atoms with Crippen LogP contribution in [0.15, 0.2) is 23.1 Å². The fourth-order valence-electron chi connectivity index (χ4n) is 2.37. The predicted octanol–water partition coefficient (Wildman–Crippen LogP) is -2.23. The molecule has 7 nitrogen and oxygen atoms in total. The van der Waals surface area contributed by atoms with Crippen LogP contribution < -0.4 is 14.7 Å². The van der Waals surface area contributed by atoms with Gasteiger partial charge < -0.3 is 19.5 Å². The van der Waals surface area contributed by atoms with E-state index in [1.165, 1.54) is 4.90 Å². The van der Waals surface area contributed by atoms with Crippen molar-refractivity contribution in [2.75, 3.05) is 39.4 Å². The molecule has 0 spiro atoms. The van der Waals surface area contributed by atoms with Gasteiger partial charge >= 0.3 is 0 Å². The topological polar surface area (TPSA) is 100.0 Å². The molecule has 9 heteroatoms. The summed E-state index contributed by atoms with van der Waals surface area (Å²) in [7, 11) is -4.10. The molecule has 0 bridgehead atoms. The molecule has 0 saturated carbocycles. The van der Waals surface area contributed by atoms with Crippen molar-refractivity contribution < 1.29 is 32.3 Å². The van der Waals surface area contributed by atoms with Gasteiger partial charge in [0.15, 0.2) is 0 Å². The van der Waals surface area contributed by atoms with Gasteiger partial charge in [0.05, 0.1) is 25.7 Å². The molecule has 0 unspecified atom stereocenters. The van der Waals surface area contributed by atoms with Crippen LogP contribution in [0.5, 0.6) is 0 Å². The van der Waals surface area contributed by atoms with E-state index < -0.39 is 26.7 Å². The second-order valence-electron chi connectivity index (χ2n) is 5.30. The van der Waals surface area contributed by atoms with Crippen molar-refractivity contribution in [2.45, 2.75) is 11.3 Å². The van der Waals surface area contributed by atoms with Crippen LogP contribution in [-0.4, -0.2) is 53.8 Å². The maximum Gasteiger partial charge on any atom is 0.243 e. The lowest BCUT2D eigenvalue weighted by Crippen LogP contribution is -3.14. The molecule has 1 aliphatic heterocycles. The van der Waals surface area contributed by atoms with Gasteiger partial charge in [-0.05, 0) is 17.7 Å². The lowest BCUT2D eigenvalue weighted by atomic mass is 10.2. The number of quaternary nitrogens is 1. The number of nitrogens with one attached hydrogen (secondary N) is 2.